The van der Waals surface area contributed by atoms with Gasteiger partial charge in [-0.3, -0.25) is 0 Å². The summed E-state index contributed by atoms with van der Waals surface area (Å²) in [7, 11) is 0. The smallest absolute Gasteiger partial charge is 0.133 e. The lowest BCUT2D eigenvalue weighted by Crippen LogP contribution is -1.90. The Kier molecular flexibility index (Phi) is 3.60. The molecule has 3 heteroatoms. The molecule has 0 saturated heterocycles. The third-order valence-electron chi connectivity index (χ3n) is 1.16. The summed E-state index contributed by atoms with van der Waals surface area (Å²) in [6, 6.07) is 7.35. The molecule has 0 spiro atoms. The van der Waals surface area contributed by atoms with Crippen molar-refractivity contribution in [2.45, 2.75) is 0 Å². The van der Waals surface area contributed by atoms with Crippen molar-refractivity contribution in [3.8, 4) is 5.75 Å². The molecule has 1 aromatic rings. The van der Waals surface area contributed by atoms with Gasteiger partial charge in [-0.05, 0) is 30.5 Å². The highest BCUT2D eigenvalue weighted by Crippen LogP contribution is 2.16. The normalized spacial score (nSPS) is 9.64. The molecule has 1 rings (SSSR count). The van der Waals surface area contributed by atoms with Gasteiger partial charge in [-0.25, -0.2) is 0 Å². The first-order valence-electron chi connectivity index (χ1n) is 3.20. The Morgan fingerprint density at radius 2 is 2.00 bits per heavy atom. The summed E-state index contributed by atoms with van der Waals surface area (Å²) >= 11 is 7.33. The predicted molar refractivity (Wildman–Crippen MR) is 50.5 cm³/mol. The van der Waals surface area contributed by atoms with E-state index in [0.717, 1.165) is 10.8 Å². The second kappa shape index (κ2) is 4.52. The number of halogens is 1. The van der Waals surface area contributed by atoms with E-state index < -0.39 is 0 Å². The van der Waals surface area contributed by atoms with Crippen LogP contribution in [0, 0.1) is 0 Å². The van der Waals surface area contributed by atoms with Crippen molar-refractivity contribution in [1.29, 1.82) is 0 Å². The van der Waals surface area contributed by atoms with Gasteiger partial charge in [-0.2, -0.15) is 0 Å². The van der Waals surface area contributed by atoms with E-state index in [-0.39, 0.29) is 0 Å². The Hall–Kier alpha value is -0.340. The second-order valence-corrected chi connectivity index (χ2v) is 3.25. The van der Waals surface area contributed by atoms with Gasteiger partial charge < -0.3 is 4.74 Å². The van der Waals surface area contributed by atoms with Crippen molar-refractivity contribution in [2.75, 3.05) is 12.2 Å². The number of thioether (sulfide) groups is 1. The lowest BCUT2D eigenvalue weighted by molar-refractivity contribution is 0.393. The molecule has 11 heavy (non-hydrogen) atoms. The van der Waals surface area contributed by atoms with E-state index >= 15 is 0 Å². The molecule has 0 aliphatic carbocycles. The van der Waals surface area contributed by atoms with Crippen LogP contribution >= 0.6 is 23.4 Å². The molecule has 0 aromatic heterocycles. The van der Waals surface area contributed by atoms with Gasteiger partial charge in [0.2, 0.25) is 0 Å². The first kappa shape index (κ1) is 8.75. The zero-order chi connectivity index (χ0) is 8.10. The summed E-state index contributed by atoms with van der Waals surface area (Å²) in [5.74, 6) is 1.55. The fraction of sp³-hybridized carbons (Fsp3) is 0.250. The van der Waals surface area contributed by atoms with Crippen LogP contribution in [0.15, 0.2) is 24.3 Å². The molecule has 1 aromatic carbocycles. The van der Waals surface area contributed by atoms with Crippen LogP contribution in [-0.4, -0.2) is 12.2 Å². The lowest BCUT2D eigenvalue weighted by atomic mass is 10.3. The molecule has 0 aliphatic rings. The van der Waals surface area contributed by atoms with Crippen LogP contribution in [0.2, 0.25) is 5.02 Å². The predicted octanol–water partition coefficient (Wildman–Crippen LogP) is 3.04. The molecule has 0 amide bonds. The van der Waals surface area contributed by atoms with Gasteiger partial charge in [-0.15, -0.1) is 11.8 Å². The van der Waals surface area contributed by atoms with Gasteiger partial charge in [0.1, 0.15) is 11.7 Å². The highest BCUT2D eigenvalue weighted by Gasteiger charge is 1.90. The molecule has 0 N–H and O–H groups in total. The van der Waals surface area contributed by atoms with E-state index in [4.69, 9.17) is 16.3 Å². The number of ether oxygens (including phenoxy) is 1. The Balaban J connectivity index is 2.52. The van der Waals surface area contributed by atoms with Crippen molar-refractivity contribution >= 4 is 23.4 Å². The number of hydrogen-bond acceptors (Lipinski definition) is 2. The van der Waals surface area contributed by atoms with Crippen LogP contribution in [0.3, 0.4) is 0 Å². The SMILES string of the molecule is CSCOc1ccc(Cl)cc1. The molecule has 0 heterocycles. The number of benzene rings is 1. The standard InChI is InChI=1S/C8H9ClOS/c1-11-6-10-8-4-2-7(9)3-5-8/h2-5H,6H2,1H3. The molecular weight excluding hydrogens is 180 g/mol. The largest absolute Gasteiger partial charge is 0.483 e. The van der Waals surface area contributed by atoms with Crippen LogP contribution in [0.4, 0.5) is 0 Å². The topological polar surface area (TPSA) is 9.23 Å². The Bertz CT molecular complexity index is 210. The molecule has 1 nitrogen and oxygen atoms in total. The van der Waals surface area contributed by atoms with E-state index in [1.54, 1.807) is 11.8 Å². The van der Waals surface area contributed by atoms with E-state index in [2.05, 4.69) is 0 Å². The number of hydrogen-bond donors (Lipinski definition) is 0. The first-order valence-corrected chi connectivity index (χ1v) is 4.97. The maximum absolute atomic E-state index is 5.68. The molecule has 0 atom stereocenters. The second-order valence-electron chi connectivity index (χ2n) is 2.00. The van der Waals surface area contributed by atoms with Gasteiger partial charge in [0.15, 0.2) is 0 Å². The minimum Gasteiger partial charge on any atom is -0.483 e. The summed E-state index contributed by atoms with van der Waals surface area (Å²) in [4.78, 5) is 0. The molecule has 0 radical (unpaired) electrons. The van der Waals surface area contributed by atoms with Crippen LogP contribution in [-0.2, 0) is 0 Å². The first-order chi connectivity index (χ1) is 5.33. The Morgan fingerprint density at radius 1 is 1.36 bits per heavy atom. The van der Waals surface area contributed by atoms with Crippen LogP contribution in [0.1, 0.15) is 0 Å². The average Bonchev–Trinajstić information content (AvgIpc) is 2.04. The summed E-state index contributed by atoms with van der Waals surface area (Å²) in [6.07, 6.45) is 2.00. The summed E-state index contributed by atoms with van der Waals surface area (Å²) in [5, 5.41) is 0.738. The molecule has 0 aliphatic heterocycles. The zero-order valence-electron chi connectivity index (χ0n) is 6.21. The summed E-state index contributed by atoms with van der Waals surface area (Å²) in [5.41, 5.74) is 0. The van der Waals surface area contributed by atoms with Crippen molar-refractivity contribution in [3.63, 3.8) is 0 Å². The monoisotopic (exact) mass is 188 g/mol. The minimum atomic E-state index is 0.682. The van der Waals surface area contributed by atoms with Gasteiger partial charge in [0.25, 0.3) is 0 Å². The molecule has 0 bridgehead atoms. The maximum Gasteiger partial charge on any atom is 0.133 e. The Labute approximate surface area is 75.7 Å². The zero-order valence-corrected chi connectivity index (χ0v) is 7.78. The molecule has 0 saturated carbocycles. The number of rotatable bonds is 3. The fourth-order valence-electron chi connectivity index (χ4n) is 0.658. The van der Waals surface area contributed by atoms with Crippen molar-refractivity contribution in [3.05, 3.63) is 29.3 Å². The van der Waals surface area contributed by atoms with Crippen LogP contribution < -0.4 is 4.74 Å². The maximum atomic E-state index is 5.68. The highest BCUT2D eigenvalue weighted by atomic mass is 35.5. The van der Waals surface area contributed by atoms with E-state index in [1.165, 1.54) is 0 Å². The van der Waals surface area contributed by atoms with Crippen LogP contribution in [0.25, 0.3) is 0 Å². The van der Waals surface area contributed by atoms with Crippen molar-refractivity contribution in [2.24, 2.45) is 0 Å². The fourth-order valence-corrected chi connectivity index (χ4v) is 1.04. The summed E-state index contributed by atoms with van der Waals surface area (Å²) < 4.78 is 5.31. The van der Waals surface area contributed by atoms with Crippen molar-refractivity contribution in [1.82, 2.24) is 0 Å². The minimum absolute atomic E-state index is 0.682. The molecule has 0 fully saturated rings. The van der Waals surface area contributed by atoms with Gasteiger partial charge >= 0.3 is 0 Å². The quantitative estimate of drug-likeness (QED) is 0.675. The van der Waals surface area contributed by atoms with Gasteiger partial charge in [0, 0.05) is 5.02 Å². The Morgan fingerprint density at radius 3 is 2.55 bits per heavy atom. The molecule has 60 valence electrons. The molecular formula is C8H9ClOS. The van der Waals surface area contributed by atoms with E-state index in [1.807, 2.05) is 30.5 Å². The van der Waals surface area contributed by atoms with Gasteiger partial charge in [-0.1, -0.05) is 11.6 Å². The average molecular weight is 189 g/mol. The summed E-state index contributed by atoms with van der Waals surface area (Å²) in [6.45, 7) is 0. The highest BCUT2D eigenvalue weighted by molar-refractivity contribution is 7.98. The van der Waals surface area contributed by atoms with Crippen molar-refractivity contribution < 1.29 is 4.74 Å². The third kappa shape index (κ3) is 3.04. The van der Waals surface area contributed by atoms with Crippen LogP contribution in [0.5, 0.6) is 5.75 Å². The van der Waals surface area contributed by atoms with E-state index in [0.29, 0.717) is 5.94 Å². The van der Waals surface area contributed by atoms with E-state index in [9.17, 15) is 0 Å². The molecule has 0 unspecified atom stereocenters. The third-order valence-corrected chi connectivity index (χ3v) is 1.76. The lowest BCUT2D eigenvalue weighted by Gasteiger charge is -2.02. The van der Waals surface area contributed by atoms with Gasteiger partial charge in [0.05, 0.1) is 0 Å².